The van der Waals surface area contributed by atoms with Crippen molar-refractivity contribution in [2.24, 2.45) is 0 Å². The Morgan fingerprint density at radius 3 is 2.42 bits per heavy atom. The molecule has 1 amide bonds. The number of carbonyl (C=O) groups excluding carboxylic acids is 1. The number of aryl methyl sites for hydroxylation is 2. The average molecular weight is 512 g/mol. The molecular formula is C28H25N5OS2. The summed E-state index contributed by atoms with van der Waals surface area (Å²) in [5, 5.41) is 14.7. The van der Waals surface area contributed by atoms with Crippen molar-refractivity contribution < 1.29 is 4.79 Å². The zero-order chi connectivity index (χ0) is 25.1. The van der Waals surface area contributed by atoms with Gasteiger partial charge in [0.1, 0.15) is 0 Å². The zero-order valence-corrected chi connectivity index (χ0v) is 21.8. The molecule has 3 aromatic carbocycles. The molecule has 6 nitrogen and oxygen atoms in total. The van der Waals surface area contributed by atoms with E-state index < -0.39 is 5.25 Å². The first-order valence-corrected chi connectivity index (χ1v) is 13.3. The van der Waals surface area contributed by atoms with Crippen molar-refractivity contribution >= 4 is 34.1 Å². The van der Waals surface area contributed by atoms with Crippen molar-refractivity contribution in [3.05, 3.63) is 95.4 Å². The highest BCUT2D eigenvalue weighted by Crippen LogP contribution is 2.31. The number of thioether (sulfide) groups is 1. The number of carbonyl (C=O) groups is 1. The van der Waals surface area contributed by atoms with Crippen molar-refractivity contribution in [1.29, 1.82) is 0 Å². The number of hydrogen-bond donors (Lipinski definition) is 1. The van der Waals surface area contributed by atoms with Gasteiger partial charge in [0.15, 0.2) is 16.1 Å². The van der Waals surface area contributed by atoms with E-state index in [-0.39, 0.29) is 5.91 Å². The van der Waals surface area contributed by atoms with E-state index in [1.807, 2.05) is 71.5 Å². The Bertz CT molecular complexity index is 1490. The Morgan fingerprint density at radius 1 is 0.917 bits per heavy atom. The third-order valence-corrected chi connectivity index (χ3v) is 7.46. The van der Waals surface area contributed by atoms with E-state index in [0.29, 0.717) is 10.3 Å². The summed E-state index contributed by atoms with van der Waals surface area (Å²) in [7, 11) is 0. The maximum atomic E-state index is 13.1. The molecule has 0 radical (unpaired) electrons. The predicted octanol–water partition coefficient (Wildman–Crippen LogP) is 6.79. The number of nitrogens with zero attached hydrogens (tertiary/aromatic N) is 4. The molecule has 1 N–H and O–H groups in total. The second kappa shape index (κ2) is 10.5. The summed E-state index contributed by atoms with van der Waals surface area (Å²) in [6.45, 7) is 5.98. The van der Waals surface area contributed by atoms with Gasteiger partial charge in [-0.3, -0.25) is 9.36 Å². The fourth-order valence-corrected chi connectivity index (χ4v) is 5.33. The lowest BCUT2D eigenvalue weighted by molar-refractivity contribution is -0.115. The molecule has 0 aliphatic carbocycles. The van der Waals surface area contributed by atoms with Crippen LogP contribution in [0.1, 0.15) is 18.1 Å². The van der Waals surface area contributed by atoms with Gasteiger partial charge in [-0.05, 0) is 39.0 Å². The van der Waals surface area contributed by atoms with Crippen LogP contribution < -0.4 is 5.32 Å². The molecule has 0 aliphatic heterocycles. The summed E-state index contributed by atoms with van der Waals surface area (Å²) in [6, 6.07) is 26.3. The fraction of sp³-hybridized carbons (Fsp3) is 0.143. The van der Waals surface area contributed by atoms with Crippen LogP contribution in [0.2, 0.25) is 0 Å². The Hall–Kier alpha value is -3.75. The van der Waals surface area contributed by atoms with Crippen molar-refractivity contribution in [3.8, 4) is 28.3 Å². The Balaban J connectivity index is 1.39. The lowest BCUT2D eigenvalue weighted by Crippen LogP contribution is -2.22. The lowest BCUT2D eigenvalue weighted by atomic mass is 10.1. The number of thiazole rings is 1. The molecule has 0 spiro atoms. The zero-order valence-electron chi connectivity index (χ0n) is 20.2. The standard InChI is InChI=1S/C28H25N5OS2/c1-18-12-14-23(15-13-18)33-25(22-11-7-8-19(2)16-22)31-32-28(33)36-20(3)26(34)30-27-29-24(17-35-27)21-9-5-4-6-10-21/h4-17,20H,1-3H3,(H,29,30,34). The smallest absolute Gasteiger partial charge is 0.239 e. The topological polar surface area (TPSA) is 72.7 Å². The van der Waals surface area contributed by atoms with Gasteiger partial charge >= 0.3 is 0 Å². The number of nitrogens with one attached hydrogen (secondary N) is 1. The van der Waals surface area contributed by atoms with Gasteiger partial charge in [0, 0.05) is 22.2 Å². The predicted molar refractivity (Wildman–Crippen MR) is 148 cm³/mol. The van der Waals surface area contributed by atoms with Crippen molar-refractivity contribution in [3.63, 3.8) is 0 Å². The molecule has 36 heavy (non-hydrogen) atoms. The van der Waals surface area contributed by atoms with Crippen molar-refractivity contribution in [2.45, 2.75) is 31.2 Å². The molecule has 2 aromatic heterocycles. The van der Waals surface area contributed by atoms with Crippen molar-refractivity contribution in [2.75, 3.05) is 5.32 Å². The van der Waals surface area contributed by atoms with E-state index in [0.717, 1.165) is 33.9 Å². The molecule has 5 rings (SSSR count). The maximum Gasteiger partial charge on any atom is 0.239 e. The third kappa shape index (κ3) is 5.24. The van der Waals surface area contributed by atoms with E-state index in [2.05, 4.69) is 58.6 Å². The van der Waals surface area contributed by atoms with Gasteiger partial charge in [-0.15, -0.1) is 21.5 Å². The molecule has 2 heterocycles. The SMILES string of the molecule is Cc1ccc(-n2c(SC(C)C(=O)Nc3nc(-c4ccccc4)cs3)nnc2-c2cccc(C)c2)cc1. The van der Waals surface area contributed by atoms with Crippen LogP contribution in [0.4, 0.5) is 5.13 Å². The van der Waals surface area contributed by atoms with Gasteiger partial charge in [-0.25, -0.2) is 4.98 Å². The monoisotopic (exact) mass is 511 g/mol. The van der Waals surface area contributed by atoms with Gasteiger partial charge in [-0.2, -0.15) is 0 Å². The number of anilines is 1. The molecule has 0 fully saturated rings. The highest BCUT2D eigenvalue weighted by molar-refractivity contribution is 8.00. The Kier molecular flexibility index (Phi) is 6.97. The van der Waals surface area contributed by atoms with Crippen LogP contribution in [0.3, 0.4) is 0 Å². The first kappa shape index (κ1) is 24.0. The molecule has 0 bridgehead atoms. The first-order valence-electron chi connectivity index (χ1n) is 11.6. The van der Waals surface area contributed by atoms with E-state index in [9.17, 15) is 4.79 Å². The highest BCUT2D eigenvalue weighted by Gasteiger charge is 2.23. The van der Waals surface area contributed by atoms with Crippen LogP contribution in [0.25, 0.3) is 28.3 Å². The molecule has 1 atom stereocenters. The van der Waals surface area contributed by atoms with Gasteiger partial charge < -0.3 is 5.32 Å². The van der Waals surface area contributed by atoms with Crippen LogP contribution in [0.5, 0.6) is 0 Å². The summed E-state index contributed by atoms with van der Waals surface area (Å²) in [6.07, 6.45) is 0. The summed E-state index contributed by atoms with van der Waals surface area (Å²) in [4.78, 5) is 17.6. The number of benzene rings is 3. The van der Waals surface area contributed by atoms with Crippen LogP contribution in [0, 0.1) is 13.8 Å². The molecular weight excluding hydrogens is 486 g/mol. The number of rotatable bonds is 7. The quantitative estimate of drug-likeness (QED) is 0.244. The van der Waals surface area contributed by atoms with Gasteiger partial charge in [-0.1, -0.05) is 83.6 Å². The number of aromatic nitrogens is 4. The van der Waals surface area contributed by atoms with Gasteiger partial charge in [0.25, 0.3) is 0 Å². The largest absolute Gasteiger partial charge is 0.301 e. The van der Waals surface area contributed by atoms with Gasteiger partial charge in [0.05, 0.1) is 10.9 Å². The van der Waals surface area contributed by atoms with E-state index in [1.165, 1.54) is 28.7 Å². The van der Waals surface area contributed by atoms with E-state index in [4.69, 9.17) is 0 Å². The molecule has 0 saturated heterocycles. The highest BCUT2D eigenvalue weighted by atomic mass is 32.2. The average Bonchev–Trinajstić information content (AvgIpc) is 3.52. The summed E-state index contributed by atoms with van der Waals surface area (Å²) < 4.78 is 2.01. The Morgan fingerprint density at radius 2 is 1.67 bits per heavy atom. The van der Waals surface area contributed by atoms with E-state index in [1.54, 1.807) is 0 Å². The minimum absolute atomic E-state index is 0.135. The maximum absolute atomic E-state index is 13.1. The first-order chi connectivity index (χ1) is 17.5. The normalized spacial score (nSPS) is 11.9. The van der Waals surface area contributed by atoms with Crippen LogP contribution in [0.15, 0.2) is 89.4 Å². The summed E-state index contributed by atoms with van der Waals surface area (Å²) in [5.41, 5.74) is 6.10. The molecule has 0 aliphatic rings. The fourth-order valence-electron chi connectivity index (χ4n) is 3.74. The number of hydrogen-bond acceptors (Lipinski definition) is 6. The lowest BCUT2D eigenvalue weighted by Gasteiger charge is -2.14. The third-order valence-electron chi connectivity index (χ3n) is 5.66. The second-order valence-corrected chi connectivity index (χ2v) is 10.7. The van der Waals surface area contributed by atoms with Crippen LogP contribution >= 0.6 is 23.1 Å². The molecule has 1 unspecified atom stereocenters. The van der Waals surface area contributed by atoms with Crippen molar-refractivity contribution in [1.82, 2.24) is 19.7 Å². The van der Waals surface area contributed by atoms with Crippen LogP contribution in [-0.4, -0.2) is 30.9 Å². The molecule has 8 heteroatoms. The minimum Gasteiger partial charge on any atom is -0.301 e. The molecule has 0 saturated carbocycles. The second-order valence-electron chi connectivity index (χ2n) is 8.50. The van der Waals surface area contributed by atoms with E-state index >= 15 is 0 Å². The number of amides is 1. The van der Waals surface area contributed by atoms with Gasteiger partial charge in [0.2, 0.25) is 5.91 Å². The summed E-state index contributed by atoms with van der Waals surface area (Å²) in [5.74, 6) is 0.606. The molecule has 180 valence electrons. The molecule has 5 aromatic rings. The van der Waals surface area contributed by atoms with Crippen LogP contribution in [-0.2, 0) is 4.79 Å². The summed E-state index contributed by atoms with van der Waals surface area (Å²) >= 11 is 2.79. The Labute approximate surface area is 218 Å². The minimum atomic E-state index is -0.409.